The normalized spacial score (nSPS) is 11.7. The first kappa shape index (κ1) is 28.5. The highest BCUT2D eigenvalue weighted by Crippen LogP contribution is 2.31. The van der Waals surface area contributed by atoms with E-state index in [0.717, 1.165) is 5.56 Å². The Balaban J connectivity index is 0.00000361. The standard InChI is InChI=1S/C26H20Cl4FN2O2.ClH/c27-19-5-1-18(2-6-19)26(35-15-22-23(29)11-20(28)12-24(22)30)14-33-10-9-32(16-33)13-25(34)17-3-7-21(31)8-4-17;/h1-12,16,26H,13-15H2;1H/q+1;/p-1. The Hall–Kier alpha value is -2.12. The van der Waals surface area contributed by atoms with Crippen molar-refractivity contribution < 1.29 is 30.9 Å². The molecule has 0 bridgehead atoms. The van der Waals surface area contributed by atoms with Gasteiger partial charge in [0.1, 0.15) is 30.9 Å². The van der Waals surface area contributed by atoms with E-state index in [2.05, 4.69) is 0 Å². The third-order valence-corrected chi connectivity index (χ3v) is 6.54. The van der Waals surface area contributed by atoms with Gasteiger partial charge < -0.3 is 17.1 Å². The third-order valence-electron chi connectivity index (χ3n) is 5.39. The van der Waals surface area contributed by atoms with Crippen molar-refractivity contribution in [3.8, 4) is 0 Å². The fraction of sp³-hybridized carbons (Fsp3) is 0.154. The number of benzene rings is 3. The number of ether oxygens (including phenoxy) is 1. The minimum Gasteiger partial charge on any atom is -1.00 e. The summed E-state index contributed by atoms with van der Waals surface area (Å²) in [5.74, 6) is -0.500. The van der Waals surface area contributed by atoms with Gasteiger partial charge in [0.05, 0.1) is 6.61 Å². The summed E-state index contributed by atoms with van der Waals surface area (Å²) in [6.45, 7) is 0.760. The lowest BCUT2D eigenvalue weighted by molar-refractivity contribution is -0.682. The third kappa shape index (κ3) is 7.45. The highest BCUT2D eigenvalue weighted by Gasteiger charge is 2.20. The summed E-state index contributed by atoms with van der Waals surface area (Å²) in [5, 5.41) is 1.92. The number of nitrogens with zero attached hydrogens (tertiary/aromatic N) is 2. The maximum absolute atomic E-state index is 13.1. The maximum atomic E-state index is 13.1. The van der Waals surface area contributed by atoms with Crippen LogP contribution in [0.25, 0.3) is 0 Å². The Kier molecular flexibility index (Phi) is 10.2. The summed E-state index contributed by atoms with van der Waals surface area (Å²) in [6.07, 6.45) is 5.11. The first-order valence-corrected chi connectivity index (χ1v) is 12.1. The monoisotopic (exact) mass is 586 g/mol. The van der Waals surface area contributed by atoms with E-state index in [9.17, 15) is 9.18 Å². The van der Waals surface area contributed by atoms with Crippen LogP contribution in [0.1, 0.15) is 27.6 Å². The molecular weight excluding hydrogens is 569 g/mol. The largest absolute Gasteiger partial charge is 1.00 e. The second-order valence-corrected chi connectivity index (χ2v) is 9.60. The van der Waals surface area contributed by atoms with Gasteiger partial charge in [-0.15, -0.1) is 0 Å². The minimum absolute atomic E-state index is 0. The number of aromatic nitrogens is 2. The molecule has 0 spiro atoms. The molecule has 1 unspecified atom stereocenters. The van der Waals surface area contributed by atoms with Crippen LogP contribution in [0.5, 0.6) is 0 Å². The fourth-order valence-corrected chi connectivity index (χ4v) is 4.60. The summed E-state index contributed by atoms with van der Waals surface area (Å²) in [4.78, 5) is 12.5. The van der Waals surface area contributed by atoms with Crippen LogP contribution in [0.15, 0.2) is 79.4 Å². The first-order valence-electron chi connectivity index (χ1n) is 10.6. The molecule has 4 rings (SSSR count). The average molecular weight is 589 g/mol. The molecule has 4 nitrogen and oxygen atoms in total. The van der Waals surface area contributed by atoms with E-state index in [1.54, 1.807) is 35.0 Å². The van der Waals surface area contributed by atoms with Crippen LogP contribution in [-0.2, 0) is 24.4 Å². The molecule has 0 saturated carbocycles. The maximum Gasteiger partial charge on any atom is 0.244 e. The Morgan fingerprint density at radius 2 is 1.58 bits per heavy atom. The van der Waals surface area contributed by atoms with Crippen LogP contribution in [-0.4, -0.2) is 10.4 Å². The molecule has 0 fully saturated rings. The number of imidazole rings is 1. The van der Waals surface area contributed by atoms with Gasteiger partial charge in [-0.2, -0.15) is 0 Å². The van der Waals surface area contributed by atoms with Gasteiger partial charge in [0, 0.05) is 31.2 Å². The van der Waals surface area contributed by atoms with Crippen molar-refractivity contribution in [1.29, 1.82) is 0 Å². The van der Waals surface area contributed by atoms with Crippen molar-refractivity contribution in [3.05, 3.63) is 122 Å². The Morgan fingerprint density at radius 1 is 0.944 bits per heavy atom. The lowest BCUT2D eigenvalue weighted by atomic mass is 10.1. The van der Waals surface area contributed by atoms with Crippen LogP contribution in [0.4, 0.5) is 4.39 Å². The van der Waals surface area contributed by atoms with E-state index in [4.69, 9.17) is 51.1 Å². The van der Waals surface area contributed by atoms with Gasteiger partial charge >= 0.3 is 0 Å². The van der Waals surface area contributed by atoms with Crippen molar-refractivity contribution >= 4 is 52.2 Å². The first-order chi connectivity index (χ1) is 16.8. The van der Waals surface area contributed by atoms with Crippen LogP contribution < -0.4 is 17.0 Å². The molecule has 0 aliphatic carbocycles. The predicted molar refractivity (Wildman–Crippen MR) is 136 cm³/mol. The SMILES string of the molecule is O=C(C[n+]1ccn(CC(OCc2c(Cl)cc(Cl)cc2Cl)c2ccc(Cl)cc2)c1)c1ccc(F)cc1.[Cl-]. The highest BCUT2D eigenvalue weighted by atomic mass is 35.5. The van der Waals surface area contributed by atoms with Crippen molar-refractivity contribution in [2.45, 2.75) is 25.8 Å². The lowest BCUT2D eigenvalue weighted by Gasteiger charge is -2.18. The molecule has 4 aromatic rings. The highest BCUT2D eigenvalue weighted by molar-refractivity contribution is 6.39. The molecule has 1 aromatic heterocycles. The van der Waals surface area contributed by atoms with Gasteiger partial charge in [-0.1, -0.05) is 58.5 Å². The van der Waals surface area contributed by atoms with E-state index in [0.29, 0.717) is 37.8 Å². The number of Topliss-reactive ketones (excluding diaryl/α,β-unsaturated/α-hetero) is 1. The van der Waals surface area contributed by atoms with E-state index < -0.39 is 0 Å². The van der Waals surface area contributed by atoms with E-state index in [1.807, 2.05) is 29.2 Å². The van der Waals surface area contributed by atoms with Crippen molar-refractivity contribution in [2.75, 3.05) is 0 Å². The van der Waals surface area contributed by atoms with Crippen LogP contribution in [0.3, 0.4) is 0 Å². The molecule has 0 aliphatic heterocycles. The molecule has 1 atom stereocenters. The summed E-state index contributed by atoms with van der Waals surface area (Å²) in [5.41, 5.74) is 2.01. The number of ketones is 1. The van der Waals surface area contributed by atoms with Gasteiger partial charge in [-0.3, -0.25) is 4.79 Å². The molecule has 188 valence electrons. The molecule has 0 N–H and O–H groups in total. The van der Waals surface area contributed by atoms with E-state index >= 15 is 0 Å². The van der Waals surface area contributed by atoms with E-state index in [-0.39, 0.29) is 43.3 Å². The molecule has 36 heavy (non-hydrogen) atoms. The topological polar surface area (TPSA) is 35.1 Å². The smallest absolute Gasteiger partial charge is 0.244 e. The molecule has 0 aliphatic rings. The summed E-state index contributed by atoms with van der Waals surface area (Å²) in [7, 11) is 0. The van der Waals surface area contributed by atoms with Crippen LogP contribution in [0.2, 0.25) is 20.1 Å². The average Bonchev–Trinajstić information content (AvgIpc) is 3.25. The Labute approximate surface area is 234 Å². The minimum atomic E-state index is -0.380. The summed E-state index contributed by atoms with van der Waals surface area (Å²) < 4.78 is 23.1. The number of halogens is 6. The lowest BCUT2D eigenvalue weighted by Crippen LogP contribution is -3.00. The van der Waals surface area contributed by atoms with Gasteiger partial charge in [-0.05, 0) is 54.1 Å². The number of hydrogen-bond acceptors (Lipinski definition) is 2. The Morgan fingerprint density at radius 3 is 2.22 bits per heavy atom. The van der Waals surface area contributed by atoms with Crippen molar-refractivity contribution in [2.24, 2.45) is 0 Å². The molecule has 0 amide bonds. The zero-order chi connectivity index (χ0) is 24.9. The second kappa shape index (κ2) is 12.9. The molecule has 0 saturated heterocycles. The summed E-state index contributed by atoms with van der Waals surface area (Å²) in [6, 6.07) is 16.1. The zero-order valence-corrected chi connectivity index (χ0v) is 22.5. The van der Waals surface area contributed by atoms with Crippen LogP contribution >= 0.6 is 46.4 Å². The quantitative estimate of drug-likeness (QED) is 0.215. The molecule has 10 heteroatoms. The Bertz CT molecular complexity index is 1300. The predicted octanol–water partition coefficient (Wildman–Crippen LogP) is 4.37. The number of hydrogen-bond donors (Lipinski definition) is 0. The van der Waals surface area contributed by atoms with Gasteiger partial charge in [0.25, 0.3) is 0 Å². The second-order valence-electron chi connectivity index (χ2n) is 7.91. The molecular formula is C26H20Cl5FN2O2. The zero-order valence-electron chi connectivity index (χ0n) is 18.7. The van der Waals surface area contributed by atoms with Crippen molar-refractivity contribution in [3.63, 3.8) is 0 Å². The summed E-state index contributed by atoms with van der Waals surface area (Å²) >= 11 is 24.7. The fourth-order valence-electron chi connectivity index (χ4n) is 3.55. The van der Waals surface area contributed by atoms with Crippen molar-refractivity contribution in [1.82, 2.24) is 4.57 Å². The van der Waals surface area contributed by atoms with Gasteiger partial charge in [0.2, 0.25) is 12.1 Å². The molecule has 3 aromatic carbocycles. The molecule has 1 heterocycles. The number of carbonyl (C=O) groups is 1. The number of carbonyl (C=O) groups excluding carboxylic acids is 1. The van der Waals surface area contributed by atoms with E-state index in [1.165, 1.54) is 24.3 Å². The molecule has 0 radical (unpaired) electrons. The van der Waals surface area contributed by atoms with Crippen LogP contribution in [0, 0.1) is 5.82 Å². The number of rotatable bonds is 9. The van der Waals surface area contributed by atoms with Gasteiger partial charge in [-0.25, -0.2) is 13.5 Å². The van der Waals surface area contributed by atoms with Gasteiger partial charge in [0.15, 0.2) is 6.54 Å².